The number of imide groups is 1. The van der Waals surface area contributed by atoms with Crippen molar-refractivity contribution in [1.29, 1.82) is 0 Å². The van der Waals surface area contributed by atoms with Crippen molar-refractivity contribution in [3.8, 4) is 0 Å². The van der Waals surface area contributed by atoms with E-state index in [9.17, 15) is 14.4 Å². The number of nitrogens with one attached hydrogen (secondary N) is 2. The number of nitrogens with zero attached hydrogens (tertiary/aromatic N) is 1. The minimum Gasteiger partial charge on any atom is -0.452 e. The van der Waals surface area contributed by atoms with E-state index in [-0.39, 0.29) is 5.54 Å². The highest BCUT2D eigenvalue weighted by molar-refractivity contribution is 7.10. The molecule has 0 atom stereocenters. The lowest BCUT2D eigenvalue weighted by Crippen LogP contribution is -2.62. The van der Waals surface area contributed by atoms with Gasteiger partial charge in [0.05, 0.1) is 0 Å². The Morgan fingerprint density at radius 3 is 2.44 bits per heavy atom. The van der Waals surface area contributed by atoms with Gasteiger partial charge in [0.1, 0.15) is 5.01 Å². The molecule has 7 nitrogen and oxygen atoms in total. The Morgan fingerprint density at radius 1 is 1.19 bits per heavy atom. The lowest BCUT2D eigenvalue weighted by Gasteiger charge is -2.56. The fourth-order valence-electron chi connectivity index (χ4n) is 5.34. The highest BCUT2D eigenvalue weighted by Gasteiger charge is 2.51. The Labute approximate surface area is 161 Å². The zero-order valence-electron chi connectivity index (χ0n) is 15.0. The molecule has 0 unspecified atom stereocenters. The van der Waals surface area contributed by atoms with E-state index in [4.69, 9.17) is 4.74 Å². The van der Waals surface area contributed by atoms with Crippen LogP contribution in [0, 0.1) is 17.8 Å². The lowest BCUT2D eigenvalue weighted by molar-refractivity contribution is -0.143. The monoisotopic (exact) mass is 389 g/mol. The van der Waals surface area contributed by atoms with Crippen LogP contribution in [0.2, 0.25) is 0 Å². The molecule has 0 spiro atoms. The van der Waals surface area contributed by atoms with Crippen LogP contribution in [-0.2, 0) is 14.3 Å². The molecule has 144 valence electrons. The van der Waals surface area contributed by atoms with Crippen LogP contribution in [0.5, 0.6) is 0 Å². The van der Waals surface area contributed by atoms with Gasteiger partial charge in [-0.3, -0.25) is 10.1 Å². The maximum atomic E-state index is 12.3. The SMILES string of the molecule is O=C(COC(=O)C=Cc1nccs1)NC(=O)NC12CC3CC(CC(C3)C1)C2. The van der Waals surface area contributed by atoms with E-state index in [1.807, 2.05) is 0 Å². The summed E-state index contributed by atoms with van der Waals surface area (Å²) in [5.41, 5.74) is -0.160. The number of thiazole rings is 1. The zero-order valence-corrected chi connectivity index (χ0v) is 15.8. The van der Waals surface area contributed by atoms with E-state index in [1.165, 1.54) is 42.8 Å². The van der Waals surface area contributed by atoms with Crippen LogP contribution < -0.4 is 10.6 Å². The second-order valence-corrected chi connectivity index (χ2v) is 8.94. The minimum atomic E-state index is -0.651. The van der Waals surface area contributed by atoms with Crippen LogP contribution in [0.4, 0.5) is 4.79 Å². The standard InChI is InChI=1S/C19H23N3O4S/c23-15(11-26-17(24)2-1-16-20-3-4-27-16)21-18(25)22-19-8-12-5-13(9-19)7-14(6-12)10-19/h1-4,12-14H,5-11H2,(H2,21,22,23,25). The van der Waals surface area contributed by atoms with Crippen molar-refractivity contribution >= 4 is 35.3 Å². The van der Waals surface area contributed by atoms with Gasteiger partial charge in [-0.2, -0.15) is 0 Å². The molecule has 8 heteroatoms. The Balaban J connectivity index is 1.21. The van der Waals surface area contributed by atoms with E-state index in [0.717, 1.165) is 19.3 Å². The van der Waals surface area contributed by atoms with Crippen molar-refractivity contribution < 1.29 is 19.1 Å². The molecule has 27 heavy (non-hydrogen) atoms. The molecular formula is C19H23N3O4S. The smallest absolute Gasteiger partial charge is 0.331 e. The van der Waals surface area contributed by atoms with Gasteiger partial charge in [-0.05, 0) is 62.4 Å². The molecule has 4 fully saturated rings. The molecule has 3 amide bonds. The van der Waals surface area contributed by atoms with E-state index >= 15 is 0 Å². The Bertz CT molecular complexity index is 724. The first-order valence-corrected chi connectivity index (χ1v) is 10.2. The van der Waals surface area contributed by atoms with Crippen LogP contribution in [0.3, 0.4) is 0 Å². The number of carbonyl (C=O) groups excluding carboxylic acids is 3. The zero-order chi connectivity index (χ0) is 18.9. The summed E-state index contributed by atoms with van der Waals surface area (Å²) in [5.74, 6) is 0.837. The highest BCUT2D eigenvalue weighted by atomic mass is 32.1. The van der Waals surface area contributed by atoms with Gasteiger partial charge in [-0.15, -0.1) is 11.3 Å². The molecule has 4 saturated carbocycles. The molecule has 4 aliphatic carbocycles. The number of hydrogen-bond acceptors (Lipinski definition) is 6. The van der Waals surface area contributed by atoms with E-state index in [0.29, 0.717) is 22.8 Å². The van der Waals surface area contributed by atoms with Gasteiger partial charge in [0, 0.05) is 23.2 Å². The summed E-state index contributed by atoms with van der Waals surface area (Å²) in [6, 6.07) is -0.490. The molecule has 0 aliphatic heterocycles. The second kappa shape index (κ2) is 7.42. The van der Waals surface area contributed by atoms with Crippen LogP contribution in [0.1, 0.15) is 43.5 Å². The third-order valence-corrected chi connectivity index (χ3v) is 6.57. The van der Waals surface area contributed by atoms with Gasteiger partial charge in [0.25, 0.3) is 5.91 Å². The summed E-state index contributed by atoms with van der Waals surface area (Å²) in [5, 5.41) is 7.80. The first-order chi connectivity index (χ1) is 13.0. The predicted octanol–water partition coefficient (Wildman–Crippen LogP) is 2.49. The number of hydrogen-bond donors (Lipinski definition) is 2. The summed E-state index contributed by atoms with van der Waals surface area (Å²) in [6.45, 7) is -0.491. The maximum absolute atomic E-state index is 12.3. The average Bonchev–Trinajstić information content (AvgIpc) is 3.09. The van der Waals surface area contributed by atoms with Gasteiger partial charge >= 0.3 is 12.0 Å². The molecule has 0 aromatic carbocycles. The molecule has 1 aromatic heterocycles. The van der Waals surface area contributed by atoms with Crippen molar-refractivity contribution in [3.05, 3.63) is 22.7 Å². The van der Waals surface area contributed by atoms with E-state index in [2.05, 4.69) is 15.6 Å². The van der Waals surface area contributed by atoms with Gasteiger partial charge < -0.3 is 10.1 Å². The number of rotatable bonds is 5. The second-order valence-electron chi connectivity index (χ2n) is 8.01. The first kappa shape index (κ1) is 18.2. The number of esters is 1. The summed E-state index contributed by atoms with van der Waals surface area (Å²) >= 11 is 1.39. The Kier molecular flexibility index (Phi) is 4.99. The van der Waals surface area contributed by atoms with Gasteiger partial charge in [-0.25, -0.2) is 14.6 Å². The first-order valence-electron chi connectivity index (χ1n) is 9.36. The van der Waals surface area contributed by atoms with E-state index in [1.54, 1.807) is 11.6 Å². The molecule has 2 N–H and O–H groups in total. The van der Waals surface area contributed by atoms with Crippen LogP contribution in [0.25, 0.3) is 6.08 Å². The molecule has 1 aromatic rings. The predicted molar refractivity (Wildman–Crippen MR) is 99.7 cm³/mol. The molecular weight excluding hydrogens is 366 g/mol. The number of carbonyl (C=O) groups is 3. The number of ether oxygens (including phenoxy) is 1. The highest BCUT2D eigenvalue weighted by Crippen LogP contribution is 2.55. The average molecular weight is 389 g/mol. The van der Waals surface area contributed by atoms with E-state index < -0.39 is 24.5 Å². The Morgan fingerprint density at radius 2 is 1.85 bits per heavy atom. The summed E-state index contributed by atoms with van der Waals surface area (Å²) < 4.78 is 4.86. The number of urea groups is 1. The summed E-state index contributed by atoms with van der Waals surface area (Å²) in [4.78, 5) is 39.8. The van der Waals surface area contributed by atoms with Gasteiger partial charge in [-0.1, -0.05) is 0 Å². The van der Waals surface area contributed by atoms with Crippen molar-refractivity contribution in [1.82, 2.24) is 15.6 Å². The topological polar surface area (TPSA) is 97.4 Å². The summed E-state index contributed by atoms with van der Waals surface area (Å²) in [7, 11) is 0. The minimum absolute atomic E-state index is 0.160. The molecule has 5 rings (SSSR count). The van der Waals surface area contributed by atoms with Crippen LogP contribution in [-0.4, -0.2) is 35.0 Å². The van der Waals surface area contributed by atoms with Gasteiger partial charge in [0.15, 0.2) is 6.61 Å². The van der Waals surface area contributed by atoms with Gasteiger partial charge in [0.2, 0.25) is 0 Å². The number of aromatic nitrogens is 1. The quantitative estimate of drug-likeness (QED) is 0.596. The van der Waals surface area contributed by atoms with Crippen molar-refractivity contribution in [2.24, 2.45) is 17.8 Å². The number of amides is 3. The third-order valence-electron chi connectivity index (χ3n) is 5.83. The fraction of sp³-hybridized carbons (Fsp3) is 0.579. The van der Waals surface area contributed by atoms with Crippen molar-refractivity contribution in [2.45, 2.75) is 44.1 Å². The fourth-order valence-corrected chi connectivity index (χ4v) is 5.87. The normalized spacial score (nSPS) is 31.0. The molecule has 4 aliphatic rings. The van der Waals surface area contributed by atoms with Crippen molar-refractivity contribution in [2.75, 3.05) is 6.61 Å². The van der Waals surface area contributed by atoms with Crippen molar-refractivity contribution in [3.63, 3.8) is 0 Å². The Hall–Kier alpha value is -2.22. The molecule has 0 saturated heterocycles. The van der Waals surface area contributed by atoms with Crippen LogP contribution >= 0.6 is 11.3 Å². The molecule has 0 radical (unpaired) electrons. The maximum Gasteiger partial charge on any atom is 0.331 e. The lowest BCUT2D eigenvalue weighted by atomic mass is 9.53. The third kappa shape index (κ3) is 4.37. The van der Waals surface area contributed by atoms with Crippen LogP contribution in [0.15, 0.2) is 17.7 Å². The molecule has 1 heterocycles. The molecule has 4 bridgehead atoms. The summed E-state index contributed by atoms with van der Waals surface area (Å²) in [6.07, 6.45) is 11.2. The largest absolute Gasteiger partial charge is 0.452 e.